The molecule has 0 unspecified atom stereocenters. The first-order valence-electron chi connectivity index (χ1n) is 5.30. The molecule has 0 spiro atoms. The van der Waals surface area contributed by atoms with Gasteiger partial charge in [-0.15, -0.1) is 0 Å². The minimum Gasteiger partial charge on any atom is -0.357 e. The van der Waals surface area contributed by atoms with E-state index in [1.807, 2.05) is 24.3 Å². The van der Waals surface area contributed by atoms with E-state index in [0.717, 1.165) is 5.56 Å². The number of rotatable bonds is 3. The molecule has 1 heterocycles. The lowest BCUT2D eigenvalue weighted by atomic mass is 10.2. The van der Waals surface area contributed by atoms with Crippen LogP contribution in [0, 0.1) is 0 Å². The second-order valence-electron chi connectivity index (χ2n) is 3.87. The average Bonchev–Trinajstić information content (AvgIpc) is 2.81. The van der Waals surface area contributed by atoms with E-state index in [9.17, 15) is 4.79 Å². The lowest BCUT2D eigenvalue weighted by Crippen LogP contribution is -2.26. The van der Waals surface area contributed by atoms with Gasteiger partial charge in [0.15, 0.2) is 0 Å². The summed E-state index contributed by atoms with van der Waals surface area (Å²) in [5, 5.41) is 0.684. The van der Waals surface area contributed by atoms with Crippen LogP contribution in [0.2, 0.25) is 5.02 Å². The lowest BCUT2D eigenvalue weighted by Gasteiger charge is -2.16. The van der Waals surface area contributed by atoms with Gasteiger partial charge in [0.1, 0.15) is 5.69 Å². The molecule has 0 aliphatic carbocycles. The van der Waals surface area contributed by atoms with Gasteiger partial charge in [0, 0.05) is 24.8 Å². The third kappa shape index (κ3) is 2.88. The molecule has 2 aromatic rings. The SMILES string of the molecule is CN(Cc1cccc(Cl)c1)C(=O)c1ccc[nH]1. The van der Waals surface area contributed by atoms with Gasteiger partial charge in [-0.3, -0.25) is 4.79 Å². The van der Waals surface area contributed by atoms with Crippen molar-refractivity contribution in [2.24, 2.45) is 0 Å². The van der Waals surface area contributed by atoms with Crippen LogP contribution in [0.1, 0.15) is 16.1 Å². The first-order valence-corrected chi connectivity index (χ1v) is 5.68. The van der Waals surface area contributed by atoms with Crippen molar-refractivity contribution in [2.75, 3.05) is 7.05 Å². The molecule has 88 valence electrons. The predicted molar refractivity (Wildman–Crippen MR) is 68.0 cm³/mol. The Morgan fingerprint density at radius 2 is 2.18 bits per heavy atom. The van der Waals surface area contributed by atoms with E-state index >= 15 is 0 Å². The average molecular weight is 249 g/mol. The number of benzene rings is 1. The molecule has 2 rings (SSSR count). The molecular formula is C13H13ClN2O. The molecular weight excluding hydrogens is 236 g/mol. The van der Waals surface area contributed by atoms with E-state index in [4.69, 9.17) is 11.6 Å². The minimum absolute atomic E-state index is 0.0324. The second kappa shape index (κ2) is 5.06. The van der Waals surface area contributed by atoms with Crippen molar-refractivity contribution in [1.82, 2.24) is 9.88 Å². The van der Waals surface area contributed by atoms with Gasteiger partial charge in [0.05, 0.1) is 0 Å². The van der Waals surface area contributed by atoms with E-state index in [0.29, 0.717) is 17.3 Å². The number of halogens is 1. The summed E-state index contributed by atoms with van der Waals surface area (Å²) in [5.41, 5.74) is 1.61. The first-order chi connectivity index (χ1) is 8.16. The molecule has 1 aromatic heterocycles. The van der Waals surface area contributed by atoms with Gasteiger partial charge in [-0.25, -0.2) is 0 Å². The van der Waals surface area contributed by atoms with Gasteiger partial charge < -0.3 is 9.88 Å². The number of hydrogen-bond acceptors (Lipinski definition) is 1. The number of aromatic nitrogens is 1. The number of hydrogen-bond donors (Lipinski definition) is 1. The van der Waals surface area contributed by atoms with Crippen LogP contribution in [-0.2, 0) is 6.54 Å². The standard InChI is InChI=1S/C13H13ClN2O/c1-16(13(17)12-6-3-7-15-12)9-10-4-2-5-11(14)8-10/h2-8,15H,9H2,1H3. The summed E-state index contributed by atoms with van der Waals surface area (Å²) < 4.78 is 0. The highest BCUT2D eigenvalue weighted by Crippen LogP contribution is 2.13. The molecule has 0 saturated heterocycles. The maximum absolute atomic E-state index is 12.0. The summed E-state index contributed by atoms with van der Waals surface area (Å²) in [6, 6.07) is 11.1. The van der Waals surface area contributed by atoms with Crippen LogP contribution in [0.5, 0.6) is 0 Å². The van der Waals surface area contributed by atoms with Crippen molar-refractivity contribution < 1.29 is 4.79 Å². The van der Waals surface area contributed by atoms with E-state index < -0.39 is 0 Å². The maximum atomic E-state index is 12.0. The Kier molecular flexibility index (Phi) is 3.49. The van der Waals surface area contributed by atoms with Crippen LogP contribution in [0.25, 0.3) is 0 Å². The summed E-state index contributed by atoms with van der Waals surface area (Å²) >= 11 is 5.90. The van der Waals surface area contributed by atoms with Crippen LogP contribution in [-0.4, -0.2) is 22.8 Å². The topological polar surface area (TPSA) is 36.1 Å². The summed E-state index contributed by atoms with van der Waals surface area (Å²) in [6.45, 7) is 0.540. The van der Waals surface area contributed by atoms with Crippen molar-refractivity contribution in [3.63, 3.8) is 0 Å². The molecule has 1 amide bonds. The fraction of sp³-hybridized carbons (Fsp3) is 0.154. The molecule has 1 aromatic carbocycles. The van der Waals surface area contributed by atoms with Gasteiger partial charge in [-0.2, -0.15) is 0 Å². The Balaban J connectivity index is 2.07. The molecule has 4 heteroatoms. The highest BCUT2D eigenvalue weighted by Gasteiger charge is 2.12. The van der Waals surface area contributed by atoms with E-state index in [1.54, 1.807) is 30.3 Å². The number of aromatic amines is 1. The fourth-order valence-corrected chi connectivity index (χ4v) is 1.86. The lowest BCUT2D eigenvalue weighted by molar-refractivity contribution is 0.0780. The Morgan fingerprint density at radius 1 is 1.35 bits per heavy atom. The Hall–Kier alpha value is -1.74. The largest absolute Gasteiger partial charge is 0.357 e. The molecule has 0 aliphatic rings. The Labute approximate surface area is 105 Å². The zero-order chi connectivity index (χ0) is 12.3. The zero-order valence-corrected chi connectivity index (χ0v) is 10.2. The number of carbonyl (C=O) groups is 1. The molecule has 0 bridgehead atoms. The predicted octanol–water partition coefficient (Wildman–Crippen LogP) is 2.94. The smallest absolute Gasteiger partial charge is 0.270 e. The molecule has 3 nitrogen and oxygen atoms in total. The summed E-state index contributed by atoms with van der Waals surface area (Å²) in [5.74, 6) is -0.0324. The van der Waals surface area contributed by atoms with Crippen molar-refractivity contribution in [1.29, 1.82) is 0 Å². The van der Waals surface area contributed by atoms with Gasteiger partial charge in [0.25, 0.3) is 5.91 Å². The van der Waals surface area contributed by atoms with Gasteiger partial charge in [-0.05, 0) is 29.8 Å². The number of nitrogens with one attached hydrogen (secondary N) is 1. The molecule has 0 radical (unpaired) electrons. The van der Waals surface area contributed by atoms with E-state index in [2.05, 4.69) is 4.98 Å². The molecule has 17 heavy (non-hydrogen) atoms. The Bertz CT molecular complexity index is 508. The highest BCUT2D eigenvalue weighted by atomic mass is 35.5. The molecule has 1 N–H and O–H groups in total. The fourth-order valence-electron chi connectivity index (χ4n) is 1.65. The van der Waals surface area contributed by atoms with Crippen LogP contribution in [0.15, 0.2) is 42.6 Å². The normalized spacial score (nSPS) is 10.2. The number of H-pyrrole nitrogens is 1. The van der Waals surface area contributed by atoms with Gasteiger partial charge in [0.2, 0.25) is 0 Å². The van der Waals surface area contributed by atoms with Crippen molar-refractivity contribution in [2.45, 2.75) is 6.54 Å². The van der Waals surface area contributed by atoms with Crippen molar-refractivity contribution >= 4 is 17.5 Å². The third-order valence-electron chi connectivity index (χ3n) is 2.48. The zero-order valence-electron chi connectivity index (χ0n) is 9.48. The summed E-state index contributed by atoms with van der Waals surface area (Å²) in [6.07, 6.45) is 1.74. The van der Waals surface area contributed by atoms with Crippen molar-refractivity contribution in [3.05, 3.63) is 58.9 Å². The van der Waals surface area contributed by atoms with Crippen LogP contribution in [0.3, 0.4) is 0 Å². The number of nitrogens with zero attached hydrogens (tertiary/aromatic N) is 1. The van der Waals surface area contributed by atoms with Crippen LogP contribution < -0.4 is 0 Å². The monoisotopic (exact) mass is 248 g/mol. The van der Waals surface area contributed by atoms with E-state index in [-0.39, 0.29) is 5.91 Å². The number of carbonyl (C=O) groups excluding carboxylic acids is 1. The molecule has 0 fully saturated rings. The van der Waals surface area contributed by atoms with Crippen LogP contribution >= 0.6 is 11.6 Å². The van der Waals surface area contributed by atoms with Gasteiger partial charge in [-0.1, -0.05) is 23.7 Å². The number of amides is 1. The summed E-state index contributed by atoms with van der Waals surface area (Å²) in [4.78, 5) is 16.5. The first kappa shape index (κ1) is 11.7. The van der Waals surface area contributed by atoms with Crippen molar-refractivity contribution in [3.8, 4) is 0 Å². The second-order valence-corrected chi connectivity index (χ2v) is 4.31. The molecule has 0 saturated carbocycles. The van der Waals surface area contributed by atoms with Gasteiger partial charge >= 0.3 is 0 Å². The summed E-state index contributed by atoms with van der Waals surface area (Å²) in [7, 11) is 1.77. The minimum atomic E-state index is -0.0324. The molecule has 0 aliphatic heterocycles. The maximum Gasteiger partial charge on any atom is 0.270 e. The molecule has 0 atom stereocenters. The van der Waals surface area contributed by atoms with E-state index in [1.165, 1.54) is 0 Å². The highest BCUT2D eigenvalue weighted by molar-refractivity contribution is 6.30. The van der Waals surface area contributed by atoms with Crippen LogP contribution in [0.4, 0.5) is 0 Å². The quantitative estimate of drug-likeness (QED) is 0.891. The Morgan fingerprint density at radius 3 is 2.82 bits per heavy atom. The third-order valence-corrected chi connectivity index (χ3v) is 2.72.